The van der Waals surface area contributed by atoms with Gasteiger partial charge in [-0.05, 0) is 6.92 Å². The van der Waals surface area contributed by atoms with Gasteiger partial charge in [0.15, 0.2) is 0 Å². The molecule has 0 fully saturated rings. The van der Waals surface area contributed by atoms with E-state index in [1.54, 1.807) is 0 Å². The summed E-state index contributed by atoms with van der Waals surface area (Å²) in [6, 6.07) is -1.01. The maximum Gasteiger partial charge on any atom is 0.325 e. The highest BCUT2D eigenvalue weighted by molar-refractivity contribution is 6.33. The second-order valence-electron chi connectivity index (χ2n) is 4.11. The number of carbonyl (C=O) groups is 2. The third kappa shape index (κ3) is 3.40. The Hall–Kier alpha value is -1.69. The van der Waals surface area contributed by atoms with Crippen LogP contribution in [0.25, 0.3) is 0 Å². The first-order valence-corrected chi connectivity index (χ1v) is 5.76. The topological polar surface area (TPSA) is 92.2 Å². The second kappa shape index (κ2) is 5.77. The molecule has 1 amide bonds. The molecule has 0 bridgehead atoms. The highest BCUT2D eigenvalue weighted by Gasteiger charge is 2.20. The van der Waals surface area contributed by atoms with Crippen molar-refractivity contribution in [1.82, 2.24) is 15.3 Å². The second-order valence-corrected chi connectivity index (χ2v) is 4.52. The molecule has 0 saturated heterocycles. The van der Waals surface area contributed by atoms with Crippen molar-refractivity contribution in [3.8, 4) is 0 Å². The van der Waals surface area contributed by atoms with Crippen molar-refractivity contribution in [1.29, 1.82) is 0 Å². The standard InChI is InChI=1S/C11H14ClN3O3/c1-5(2)9-13-4-7(12)8(15-9)10(16)14-6(3)11(17)18/h4-6H,1-3H3,(H,14,16)(H,17,18)/t6-/m0/s1. The van der Waals surface area contributed by atoms with Gasteiger partial charge in [0.25, 0.3) is 5.91 Å². The molecule has 2 N–H and O–H groups in total. The Bertz CT molecular complexity index is 477. The summed E-state index contributed by atoms with van der Waals surface area (Å²) >= 11 is 5.83. The number of nitrogens with zero attached hydrogens (tertiary/aromatic N) is 2. The van der Waals surface area contributed by atoms with Gasteiger partial charge in [-0.25, -0.2) is 9.97 Å². The van der Waals surface area contributed by atoms with Crippen molar-refractivity contribution < 1.29 is 14.7 Å². The third-order valence-corrected chi connectivity index (χ3v) is 2.49. The fraction of sp³-hybridized carbons (Fsp3) is 0.455. The Morgan fingerprint density at radius 3 is 2.50 bits per heavy atom. The zero-order chi connectivity index (χ0) is 13.9. The van der Waals surface area contributed by atoms with Crippen molar-refractivity contribution >= 4 is 23.5 Å². The van der Waals surface area contributed by atoms with Gasteiger partial charge in [-0.3, -0.25) is 9.59 Å². The molecule has 0 radical (unpaired) electrons. The Labute approximate surface area is 109 Å². The number of amides is 1. The molecule has 18 heavy (non-hydrogen) atoms. The van der Waals surface area contributed by atoms with Crippen molar-refractivity contribution in [3.05, 3.63) is 22.7 Å². The molecule has 1 rings (SSSR count). The van der Waals surface area contributed by atoms with Crippen LogP contribution in [0, 0.1) is 0 Å². The molecule has 1 aromatic heterocycles. The molecule has 1 heterocycles. The van der Waals surface area contributed by atoms with E-state index < -0.39 is 17.9 Å². The number of aliphatic carboxylic acids is 1. The zero-order valence-corrected chi connectivity index (χ0v) is 11.0. The lowest BCUT2D eigenvalue weighted by molar-refractivity contribution is -0.138. The fourth-order valence-corrected chi connectivity index (χ4v) is 1.32. The van der Waals surface area contributed by atoms with E-state index in [4.69, 9.17) is 16.7 Å². The minimum atomic E-state index is -1.13. The van der Waals surface area contributed by atoms with E-state index >= 15 is 0 Å². The Balaban J connectivity index is 2.98. The van der Waals surface area contributed by atoms with Crippen LogP contribution in [0.15, 0.2) is 6.20 Å². The number of aromatic nitrogens is 2. The number of carbonyl (C=O) groups excluding carboxylic acids is 1. The lowest BCUT2D eigenvalue weighted by Crippen LogP contribution is -2.39. The largest absolute Gasteiger partial charge is 0.480 e. The van der Waals surface area contributed by atoms with Crippen LogP contribution in [-0.4, -0.2) is 33.0 Å². The number of hydrogen-bond acceptors (Lipinski definition) is 4. The maximum absolute atomic E-state index is 11.8. The van der Waals surface area contributed by atoms with Gasteiger partial charge < -0.3 is 10.4 Å². The van der Waals surface area contributed by atoms with Crippen LogP contribution in [0.2, 0.25) is 5.02 Å². The monoisotopic (exact) mass is 271 g/mol. The summed E-state index contributed by atoms with van der Waals surface area (Å²) in [5.41, 5.74) is -0.0107. The van der Waals surface area contributed by atoms with E-state index in [1.807, 2.05) is 13.8 Å². The number of carboxylic acids is 1. The summed E-state index contributed by atoms with van der Waals surface area (Å²) in [7, 11) is 0. The minimum absolute atomic E-state index is 0.0107. The van der Waals surface area contributed by atoms with E-state index in [2.05, 4.69) is 15.3 Å². The molecule has 98 valence electrons. The van der Waals surface area contributed by atoms with Crippen LogP contribution in [0.3, 0.4) is 0 Å². The number of halogens is 1. The highest BCUT2D eigenvalue weighted by atomic mass is 35.5. The Kier molecular flexibility index (Phi) is 4.61. The van der Waals surface area contributed by atoms with E-state index in [1.165, 1.54) is 13.1 Å². The predicted molar refractivity (Wildman–Crippen MR) is 65.7 cm³/mol. The average molecular weight is 272 g/mol. The average Bonchev–Trinajstić information content (AvgIpc) is 2.28. The summed E-state index contributed by atoms with van der Waals surface area (Å²) in [6.45, 7) is 5.12. The van der Waals surface area contributed by atoms with Gasteiger partial charge in [-0.2, -0.15) is 0 Å². The van der Waals surface area contributed by atoms with Gasteiger partial charge in [0, 0.05) is 5.92 Å². The summed E-state index contributed by atoms with van der Waals surface area (Å²) in [5, 5.41) is 11.1. The first-order chi connectivity index (χ1) is 8.32. The maximum atomic E-state index is 11.8. The SMILES string of the molecule is CC(C)c1ncc(Cl)c(C(=O)N[C@@H](C)C(=O)O)n1. The highest BCUT2D eigenvalue weighted by Crippen LogP contribution is 2.16. The van der Waals surface area contributed by atoms with Gasteiger partial charge in [0.1, 0.15) is 17.6 Å². The van der Waals surface area contributed by atoms with Crippen LogP contribution in [0.4, 0.5) is 0 Å². The van der Waals surface area contributed by atoms with E-state index in [-0.39, 0.29) is 16.6 Å². The van der Waals surface area contributed by atoms with Crippen molar-refractivity contribution in [2.24, 2.45) is 0 Å². The van der Waals surface area contributed by atoms with Gasteiger partial charge in [-0.15, -0.1) is 0 Å². The van der Waals surface area contributed by atoms with Crippen molar-refractivity contribution in [3.63, 3.8) is 0 Å². The van der Waals surface area contributed by atoms with Gasteiger partial charge in [-0.1, -0.05) is 25.4 Å². The Morgan fingerprint density at radius 1 is 1.39 bits per heavy atom. The molecule has 1 aromatic rings. The molecule has 6 nitrogen and oxygen atoms in total. The molecule has 0 unspecified atom stereocenters. The Morgan fingerprint density at radius 2 is 2.00 bits per heavy atom. The van der Waals surface area contributed by atoms with Crippen LogP contribution >= 0.6 is 11.6 Å². The molecule has 1 atom stereocenters. The van der Waals surface area contributed by atoms with E-state index in [9.17, 15) is 9.59 Å². The van der Waals surface area contributed by atoms with Crippen molar-refractivity contribution in [2.45, 2.75) is 32.7 Å². The normalized spacial score (nSPS) is 12.3. The van der Waals surface area contributed by atoms with Crippen LogP contribution in [-0.2, 0) is 4.79 Å². The molecule has 7 heteroatoms. The lowest BCUT2D eigenvalue weighted by Gasteiger charge is -2.11. The molecular weight excluding hydrogens is 258 g/mol. The number of nitrogens with one attached hydrogen (secondary N) is 1. The summed E-state index contributed by atoms with van der Waals surface area (Å²) in [6.07, 6.45) is 1.34. The van der Waals surface area contributed by atoms with Gasteiger partial charge in [0.2, 0.25) is 0 Å². The number of hydrogen-bond donors (Lipinski definition) is 2. The first kappa shape index (κ1) is 14.4. The molecule has 0 saturated carbocycles. The molecular formula is C11H14ClN3O3. The summed E-state index contributed by atoms with van der Waals surface area (Å²) < 4.78 is 0. The van der Waals surface area contributed by atoms with E-state index in [0.717, 1.165) is 0 Å². The smallest absolute Gasteiger partial charge is 0.325 e. The minimum Gasteiger partial charge on any atom is -0.480 e. The fourth-order valence-electron chi connectivity index (χ4n) is 1.14. The molecule has 0 spiro atoms. The number of carboxylic acid groups (broad SMARTS) is 1. The zero-order valence-electron chi connectivity index (χ0n) is 10.3. The van der Waals surface area contributed by atoms with Crippen LogP contribution in [0.5, 0.6) is 0 Å². The summed E-state index contributed by atoms with van der Waals surface area (Å²) in [5.74, 6) is -1.23. The molecule has 0 aromatic carbocycles. The van der Waals surface area contributed by atoms with Crippen LogP contribution < -0.4 is 5.32 Å². The third-order valence-electron chi connectivity index (χ3n) is 2.21. The first-order valence-electron chi connectivity index (χ1n) is 5.39. The van der Waals surface area contributed by atoms with Crippen molar-refractivity contribution in [2.75, 3.05) is 0 Å². The van der Waals surface area contributed by atoms with E-state index in [0.29, 0.717) is 5.82 Å². The van der Waals surface area contributed by atoms with Gasteiger partial charge in [0.05, 0.1) is 11.2 Å². The number of rotatable bonds is 4. The van der Waals surface area contributed by atoms with Gasteiger partial charge >= 0.3 is 5.97 Å². The lowest BCUT2D eigenvalue weighted by atomic mass is 10.2. The van der Waals surface area contributed by atoms with Crippen LogP contribution in [0.1, 0.15) is 43.0 Å². The molecule has 0 aliphatic heterocycles. The quantitative estimate of drug-likeness (QED) is 0.865. The molecule has 0 aliphatic carbocycles. The molecule has 0 aliphatic rings. The summed E-state index contributed by atoms with van der Waals surface area (Å²) in [4.78, 5) is 30.5. The predicted octanol–water partition coefficient (Wildman–Crippen LogP) is 1.46.